The van der Waals surface area contributed by atoms with Crippen molar-refractivity contribution in [3.8, 4) is 0 Å². The van der Waals surface area contributed by atoms with Crippen molar-refractivity contribution in [2.24, 2.45) is 0 Å². The molecule has 1 N–H and O–H groups in total. The highest BCUT2D eigenvalue weighted by molar-refractivity contribution is 5.82. The van der Waals surface area contributed by atoms with Gasteiger partial charge in [0, 0.05) is 13.1 Å². The van der Waals surface area contributed by atoms with Crippen LogP contribution in [0.4, 0.5) is 8.78 Å². The van der Waals surface area contributed by atoms with Gasteiger partial charge in [-0.05, 0) is 38.7 Å². The molecule has 1 atom stereocenters. The van der Waals surface area contributed by atoms with Gasteiger partial charge in [-0.2, -0.15) is 0 Å². The molecule has 0 aliphatic heterocycles. The summed E-state index contributed by atoms with van der Waals surface area (Å²) in [5.41, 5.74) is -0.902. The van der Waals surface area contributed by atoms with Crippen molar-refractivity contribution in [3.05, 3.63) is 35.4 Å². The fraction of sp³-hybridized carbons (Fsp3) is 0.500. The second-order valence-electron chi connectivity index (χ2n) is 4.98. The predicted molar refractivity (Wildman–Crippen MR) is 72.3 cm³/mol. The molecule has 6 heteroatoms. The zero-order valence-electron chi connectivity index (χ0n) is 12.2. The number of hydrogen-bond acceptors (Lipinski definition) is 4. The Morgan fingerprint density at radius 1 is 1.35 bits per heavy atom. The number of nitrogens with zero attached hydrogens (tertiary/aromatic N) is 1. The van der Waals surface area contributed by atoms with E-state index < -0.39 is 23.1 Å². The quantitative estimate of drug-likeness (QED) is 0.805. The van der Waals surface area contributed by atoms with Gasteiger partial charge in [0.15, 0.2) is 11.6 Å². The van der Waals surface area contributed by atoms with Gasteiger partial charge in [-0.1, -0.05) is 6.07 Å². The van der Waals surface area contributed by atoms with Crippen molar-refractivity contribution in [1.82, 2.24) is 10.2 Å². The number of carbonyl (C=O) groups excluding carboxylic acids is 1. The minimum Gasteiger partial charge on any atom is -0.467 e. The summed E-state index contributed by atoms with van der Waals surface area (Å²) in [4.78, 5) is 13.9. The molecule has 1 aromatic rings. The second-order valence-corrected chi connectivity index (χ2v) is 4.98. The molecular formula is C14H20F2N2O2. The molecule has 0 radical (unpaired) electrons. The molecule has 0 saturated heterocycles. The van der Waals surface area contributed by atoms with Crippen molar-refractivity contribution in [2.75, 3.05) is 34.3 Å². The van der Waals surface area contributed by atoms with E-state index in [2.05, 4.69) is 5.32 Å². The summed E-state index contributed by atoms with van der Waals surface area (Å²) >= 11 is 0. The molecule has 0 amide bonds. The lowest BCUT2D eigenvalue weighted by molar-refractivity contribution is -0.148. The van der Waals surface area contributed by atoms with Crippen LogP contribution in [0.15, 0.2) is 18.2 Å². The Balaban J connectivity index is 3.03. The molecule has 0 aliphatic rings. The molecule has 0 heterocycles. The van der Waals surface area contributed by atoms with Crippen LogP contribution < -0.4 is 5.32 Å². The van der Waals surface area contributed by atoms with Crippen molar-refractivity contribution in [2.45, 2.75) is 12.5 Å². The van der Waals surface area contributed by atoms with Crippen LogP contribution in [0.1, 0.15) is 12.5 Å². The van der Waals surface area contributed by atoms with Gasteiger partial charge in [0.1, 0.15) is 5.54 Å². The SMILES string of the molecule is COC(=O)C(C)(NCCN(C)C)c1ccc(F)c(F)c1. The van der Waals surface area contributed by atoms with Gasteiger partial charge in [0.05, 0.1) is 7.11 Å². The number of nitrogens with one attached hydrogen (secondary N) is 1. The minimum atomic E-state index is -1.22. The summed E-state index contributed by atoms with van der Waals surface area (Å²) in [5, 5.41) is 3.04. The van der Waals surface area contributed by atoms with E-state index >= 15 is 0 Å². The van der Waals surface area contributed by atoms with E-state index in [1.54, 1.807) is 6.92 Å². The van der Waals surface area contributed by atoms with Crippen LogP contribution in [0.5, 0.6) is 0 Å². The molecule has 0 bridgehead atoms. The normalized spacial score (nSPS) is 14.2. The number of ether oxygens (including phenoxy) is 1. The molecule has 1 rings (SSSR count). The smallest absolute Gasteiger partial charge is 0.330 e. The third kappa shape index (κ3) is 3.74. The summed E-state index contributed by atoms with van der Waals surface area (Å²) in [5.74, 6) is -2.50. The molecular weight excluding hydrogens is 266 g/mol. The van der Waals surface area contributed by atoms with Crippen LogP contribution in [-0.2, 0) is 15.1 Å². The lowest BCUT2D eigenvalue weighted by Gasteiger charge is -2.29. The Hall–Kier alpha value is -1.53. The fourth-order valence-electron chi connectivity index (χ4n) is 1.83. The largest absolute Gasteiger partial charge is 0.467 e. The lowest BCUT2D eigenvalue weighted by Crippen LogP contribution is -2.49. The van der Waals surface area contributed by atoms with E-state index in [1.165, 1.54) is 13.2 Å². The first-order chi connectivity index (χ1) is 9.31. The van der Waals surface area contributed by atoms with Gasteiger partial charge in [-0.15, -0.1) is 0 Å². The Morgan fingerprint density at radius 2 is 2.00 bits per heavy atom. The molecule has 1 aromatic carbocycles. The monoisotopic (exact) mass is 286 g/mol. The van der Waals surface area contributed by atoms with Gasteiger partial charge in [0.2, 0.25) is 0 Å². The Bertz CT molecular complexity index is 480. The van der Waals surface area contributed by atoms with Crippen molar-refractivity contribution in [3.63, 3.8) is 0 Å². The number of rotatable bonds is 6. The first-order valence-electron chi connectivity index (χ1n) is 6.25. The highest BCUT2D eigenvalue weighted by atomic mass is 19.2. The lowest BCUT2D eigenvalue weighted by atomic mass is 9.91. The van der Waals surface area contributed by atoms with E-state index in [1.807, 2.05) is 19.0 Å². The van der Waals surface area contributed by atoms with Crippen LogP contribution in [0.3, 0.4) is 0 Å². The summed E-state index contributed by atoms with van der Waals surface area (Å²) < 4.78 is 31.1. The van der Waals surface area contributed by atoms with Crippen LogP contribution in [0, 0.1) is 11.6 Å². The van der Waals surface area contributed by atoms with E-state index in [0.29, 0.717) is 18.7 Å². The van der Waals surface area contributed by atoms with E-state index in [-0.39, 0.29) is 0 Å². The Kier molecular flexibility index (Phi) is 5.59. The summed E-state index contributed by atoms with van der Waals surface area (Å²) in [6.07, 6.45) is 0. The van der Waals surface area contributed by atoms with Gasteiger partial charge in [0.25, 0.3) is 0 Å². The standard InChI is InChI=1S/C14H20F2N2O2/c1-14(13(19)20-4,17-7-8-18(2)3)10-5-6-11(15)12(16)9-10/h5-6,9,17H,7-8H2,1-4H3. The van der Waals surface area contributed by atoms with Gasteiger partial charge >= 0.3 is 5.97 Å². The zero-order valence-corrected chi connectivity index (χ0v) is 12.2. The van der Waals surface area contributed by atoms with Crippen LogP contribution in [0.25, 0.3) is 0 Å². The van der Waals surface area contributed by atoms with Crippen LogP contribution >= 0.6 is 0 Å². The molecule has 20 heavy (non-hydrogen) atoms. The highest BCUT2D eigenvalue weighted by Crippen LogP contribution is 2.24. The van der Waals surface area contributed by atoms with Gasteiger partial charge in [-0.25, -0.2) is 13.6 Å². The van der Waals surface area contributed by atoms with E-state index in [0.717, 1.165) is 12.1 Å². The molecule has 112 valence electrons. The molecule has 0 spiro atoms. The first-order valence-corrected chi connectivity index (χ1v) is 6.25. The van der Waals surface area contributed by atoms with Crippen molar-refractivity contribution in [1.29, 1.82) is 0 Å². The maximum atomic E-state index is 13.4. The molecule has 0 aliphatic carbocycles. The van der Waals surface area contributed by atoms with Crippen LogP contribution in [-0.4, -0.2) is 45.2 Å². The predicted octanol–water partition coefficient (Wildman–Crippen LogP) is 1.50. The number of benzene rings is 1. The number of methoxy groups -OCH3 is 1. The molecule has 0 fully saturated rings. The number of carbonyl (C=O) groups is 1. The number of hydrogen-bond donors (Lipinski definition) is 1. The average molecular weight is 286 g/mol. The van der Waals surface area contributed by atoms with Gasteiger partial charge in [-0.3, -0.25) is 5.32 Å². The number of likely N-dealkylation sites (N-methyl/N-ethyl adjacent to an activating group) is 1. The van der Waals surface area contributed by atoms with Crippen LogP contribution in [0.2, 0.25) is 0 Å². The summed E-state index contributed by atoms with van der Waals surface area (Å²) in [6, 6.07) is 3.38. The maximum Gasteiger partial charge on any atom is 0.330 e. The number of halogens is 2. The van der Waals surface area contributed by atoms with E-state index in [9.17, 15) is 13.6 Å². The van der Waals surface area contributed by atoms with Crippen molar-refractivity contribution >= 4 is 5.97 Å². The first kappa shape index (κ1) is 16.5. The van der Waals surface area contributed by atoms with Gasteiger partial charge < -0.3 is 9.64 Å². The minimum absolute atomic E-state index is 0.321. The summed E-state index contributed by atoms with van der Waals surface area (Å²) in [6.45, 7) is 2.77. The third-order valence-corrected chi connectivity index (χ3v) is 3.13. The topological polar surface area (TPSA) is 41.6 Å². The summed E-state index contributed by atoms with van der Waals surface area (Å²) in [7, 11) is 5.05. The average Bonchev–Trinajstić information content (AvgIpc) is 2.40. The fourth-order valence-corrected chi connectivity index (χ4v) is 1.83. The molecule has 4 nitrogen and oxygen atoms in total. The molecule has 1 unspecified atom stereocenters. The molecule has 0 aromatic heterocycles. The Morgan fingerprint density at radius 3 is 2.50 bits per heavy atom. The number of esters is 1. The van der Waals surface area contributed by atoms with E-state index in [4.69, 9.17) is 4.74 Å². The maximum absolute atomic E-state index is 13.4. The zero-order chi connectivity index (χ0) is 15.3. The third-order valence-electron chi connectivity index (χ3n) is 3.13. The highest BCUT2D eigenvalue weighted by Gasteiger charge is 2.36. The Labute approximate surface area is 117 Å². The second kappa shape index (κ2) is 6.76. The molecule has 0 saturated carbocycles. The van der Waals surface area contributed by atoms with Crippen molar-refractivity contribution < 1.29 is 18.3 Å².